The molecule has 2 heterocycles. The highest BCUT2D eigenvalue weighted by molar-refractivity contribution is 5.79. The number of phenolic OH excluding ortho intramolecular Hbond substituents is 1. The van der Waals surface area contributed by atoms with Crippen molar-refractivity contribution in [3.05, 3.63) is 28.8 Å². The zero-order valence-electron chi connectivity index (χ0n) is 14.8. The number of benzene rings is 1. The van der Waals surface area contributed by atoms with Gasteiger partial charge in [0.1, 0.15) is 5.75 Å². The summed E-state index contributed by atoms with van der Waals surface area (Å²) >= 11 is 0. The van der Waals surface area contributed by atoms with E-state index in [1.807, 2.05) is 17.9 Å². The van der Waals surface area contributed by atoms with Crippen LogP contribution in [0.5, 0.6) is 5.75 Å². The van der Waals surface area contributed by atoms with Gasteiger partial charge in [-0.1, -0.05) is 6.07 Å². The first kappa shape index (κ1) is 17.2. The summed E-state index contributed by atoms with van der Waals surface area (Å²) < 4.78 is 5.32. The molecule has 2 aliphatic heterocycles. The van der Waals surface area contributed by atoms with Gasteiger partial charge in [0.15, 0.2) is 0 Å². The lowest BCUT2D eigenvalue weighted by molar-refractivity contribution is -0.141. The maximum atomic E-state index is 12.6. The molecule has 5 nitrogen and oxygen atoms in total. The molecule has 0 radical (unpaired) electrons. The fourth-order valence-corrected chi connectivity index (χ4v) is 3.61. The maximum absolute atomic E-state index is 12.6. The van der Waals surface area contributed by atoms with Crippen molar-refractivity contribution < 1.29 is 14.6 Å². The first-order valence-electron chi connectivity index (χ1n) is 8.92. The van der Waals surface area contributed by atoms with Gasteiger partial charge >= 0.3 is 0 Å². The molecule has 1 aromatic rings. The number of aryl methyl sites for hydroxylation is 2. The van der Waals surface area contributed by atoms with Crippen molar-refractivity contribution in [1.82, 2.24) is 9.80 Å². The minimum absolute atomic E-state index is 0.146. The number of rotatable bonds is 3. The number of amides is 1. The highest BCUT2D eigenvalue weighted by Crippen LogP contribution is 2.26. The van der Waals surface area contributed by atoms with Crippen molar-refractivity contribution in [2.45, 2.75) is 33.2 Å². The molecule has 0 unspecified atom stereocenters. The van der Waals surface area contributed by atoms with Gasteiger partial charge < -0.3 is 14.7 Å². The lowest BCUT2D eigenvalue weighted by atomic mass is 9.94. The zero-order valence-corrected chi connectivity index (χ0v) is 14.8. The van der Waals surface area contributed by atoms with Crippen LogP contribution in [0, 0.1) is 19.8 Å². The van der Waals surface area contributed by atoms with E-state index in [0.717, 1.165) is 56.7 Å². The third-order valence-electron chi connectivity index (χ3n) is 5.35. The van der Waals surface area contributed by atoms with Crippen LogP contribution in [0.3, 0.4) is 0 Å². The van der Waals surface area contributed by atoms with Crippen LogP contribution in [-0.4, -0.2) is 60.2 Å². The molecule has 2 aliphatic rings. The maximum Gasteiger partial charge on any atom is 0.225 e. The average Bonchev–Trinajstić information content (AvgIpc) is 2.60. The summed E-state index contributed by atoms with van der Waals surface area (Å²) in [6, 6.07) is 3.93. The third-order valence-corrected chi connectivity index (χ3v) is 5.35. The Morgan fingerprint density at radius 1 is 1.12 bits per heavy atom. The van der Waals surface area contributed by atoms with Crippen LogP contribution in [0.4, 0.5) is 0 Å². The summed E-state index contributed by atoms with van der Waals surface area (Å²) in [6.07, 6.45) is 1.81. The topological polar surface area (TPSA) is 53.0 Å². The molecule has 2 fully saturated rings. The van der Waals surface area contributed by atoms with Crippen LogP contribution in [0.25, 0.3) is 0 Å². The number of carbonyl (C=O) groups is 1. The van der Waals surface area contributed by atoms with Crippen molar-refractivity contribution in [3.63, 3.8) is 0 Å². The summed E-state index contributed by atoms with van der Waals surface area (Å²) in [5, 5.41) is 10.2. The van der Waals surface area contributed by atoms with Crippen molar-refractivity contribution in [2.24, 2.45) is 5.92 Å². The van der Waals surface area contributed by atoms with Crippen LogP contribution in [0.15, 0.2) is 12.1 Å². The van der Waals surface area contributed by atoms with Gasteiger partial charge in [-0.3, -0.25) is 9.69 Å². The van der Waals surface area contributed by atoms with Crippen LogP contribution in [-0.2, 0) is 16.1 Å². The number of ether oxygens (including phenoxy) is 1. The minimum atomic E-state index is 0.146. The van der Waals surface area contributed by atoms with Gasteiger partial charge in [0, 0.05) is 31.1 Å². The number of nitrogens with zero attached hydrogens (tertiary/aromatic N) is 2. The van der Waals surface area contributed by atoms with Gasteiger partial charge in [0.25, 0.3) is 0 Å². The largest absolute Gasteiger partial charge is 0.508 e. The Hall–Kier alpha value is -1.59. The number of aromatic hydroxyl groups is 1. The second kappa shape index (κ2) is 7.53. The van der Waals surface area contributed by atoms with Crippen molar-refractivity contribution in [1.29, 1.82) is 0 Å². The van der Waals surface area contributed by atoms with E-state index in [9.17, 15) is 9.90 Å². The van der Waals surface area contributed by atoms with E-state index in [2.05, 4.69) is 17.9 Å². The number of carbonyl (C=O) groups excluding carboxylic acids is 1. The number of hydrogen-bond donors (Lipinski definition) is 1. The smallest absolute Gasteiger partial charge is 0.225 e. The van der Waals surface area contributed by atoms with E-state index >= 15 is 0 Å². The zero-order chi connectivity index (χ0) is 17.1. The molecule has 2 saturated heterocycles. The molecular formula is C19H28N2O3. The summed E-state index contributed by atoms with van der Waals surface area (Å²) in [7, 11) is 0. The highest BCUT2D eigenvalue weighted by atomic mass is 16.5. The predicted octanol–water partition coefficient (Wildman–Crippen LogP) is 2.08. The molecule has 0 atom stereocenters. The Labute approximate surface area is 144 Å². The molecule has 0 saturated carbocycles. The van der Waals surface area contributed by atoms with E-state index in [-0.39, 0.29) is 5.92 Å². The second-order valence-electron chi connectivity index (χ2n) is 7.05. The van der Waals surface area contributed by atoms with Gasteiger partial charge in [0.2, 0.25) is 5.91 Å². The molecule has 132 valence electrons. The van der Waals surface area contributed by atoms with Crippen LogP contribution in [0.1, 0.15) is 29.5 Å². The average molecular weight is 332 g/mol. The van der Waals surface area contributed by atoms with E-state index in [1.54, 1.807) is 0 Å². The molecule has 1 amide bonds. The second-order valence-corrected chi connectivity index (χ2v) is 7.05. The van der Waals surface area contributed by atoms with Crippen LogP contribution in [0.2, 0.25) is 0 Å². The Kier molecular flexibility index (Phi) is 5.41. The predicted molar refractivity (Wildman–Crippen MR) is 93.0 cm³/mol. The number of hydrogen-bond acceptors (Lipinski definition) is 4. The number of piperidine rings is 1. The Morgan fingerprint density at radius 2 is 1.75 bits per heavy atom. The van der Waals surface area contributed by atoms with Crippen LogP contribution >= 0.6 is 0 Å². The van der Waals surface area contributed by atoms with Crippen molar-refractivity contribution in [3.8, 4) is 5.75 Å². The number of likely N-dealkylation sites (tertiary alicyclic amines) is 1. The fourth-order valence-electron chi connectivity index (χ4n) is 3.61. The molecule has 1 aromatic carbocycles. The quantitative estimate of drug-likeness (QED) is 0.921. The normalized spacial score (nSPS) is 20.3. The standard InChI is InChI=1S/C19H28N2O3/c1-14-11-17(18(22)12-15(14)2)13-20-5-3-16(4-6-20)19(23)21-7-9-24-10-8-21/h11-12,16,22H,3-10,13H2,1-2H3. The number of phenols is 1. The molecule has 0 spiro atoms. The van der Waals surface area contributed by atoms with E-state index in [0.29, 0.717) is 24.9 Å². The minimum Gasteiger partial charge on any atom is -0.508 e. The molecule has 5 heteroatoms. The van der Waals surface area contributed by atoms with Crippen LogP contribution < -0.4 is 0 Å². The molecule has 0 aliphatic carbocycles. The Balaban J connectivity index is 1.53. The Bertz CT molecular complexity index is 589. The van der Waals surface area contributed by atoms with E-state index in [1.165, 1.54) is 5.56 Å². The molecule has 24 heavy (non-hydrogen) atoms. The molecular weight excluding hydrogens is 304 g/mol. The van der Waals surface area contributed by atoms with Gasteiger partial charge in [0.05, 0.1) is 13.2 Å². The lowest BCUT2D eigenvalue weighted by Gasteiger charge is -2.35. The molecule has 1 N–H and O–H groups in total. The monoisotopic (exact) mass is 332 g/mol. The van der Waals surface area contributed by atoms with Gasteiger partial charge in [-0.05, 0) is 57.0 Å². The Morgan fingerprint density at radius 3 is 2.42 bits per heavy atom. The number of morpholine rings is 1. The lowest BCUT2D eigenvalue weighted by Crippen LogP contribution is -2.46. The highest BCUT2D eigenvalue weighted by Gasteiger charge is 2.29. The molecule has 0 bridgehead atoms. The molecule has 0 aromatic heterocycles. The van der Waals surface area contributed by atoms with E-state index < -0.39 is 0 Å². The third kappa shape index (κ3) is 3.90. The van der Waals surface area contributed by atoms with Gasteiger partial charge in [-0.2, -0.15) is 0 Å². The van der Waals surface area contributed by atoms with E-state index in [4.69, 9.17) is 4.74 Å². The summed E-state index contributed by atoms with van der Waals surface area (Å²) in [5.74, 6) is 0.823. The SMILES string of the molecule is Cc1cc(O)c(CN2CCC(C(=O)N3CCOCC3)CC2)cc1C. The summed E-state index contributed by atoms with van der Waals surface area (Å²) in [4.78, 5) is 16.9. The van der Waals surface area contributed by atoms with Crippen molar-refractivity contribution in [2.75, 3.05) is 39.4 Å². The van der Waals surface area contributed by atoms with Gasteiger partial charge in [-0.25, -0.2) is 0 Å². The summed E-state index contributed by atoms with van der Waals surface area (Å²) in [6.45, 7) is 9.46. The summed E-state index contributed by atoms with van der Waals surface area (Å²) in [5.41, 5.74) is 3.31. The van der Waals surface area contributed by atoms with Gasteiger partial charge in [-0.15, -0.1) is 0 Å². The fraction of sp³-hybridized carbons (Fsp3) is 0.632. The molecule has 3 rings (SSSR count). The first-order chi connectivity index (χ1) is 11.5. The van der Waals surface area contributed by atoms with Crippen molar-refractivity contribution >= 4 is 5.91 Å². The first-order valence-corrected chi connectivity index (χ1v) is 8.92.